The van der Waals surface area contributed by atoms with Gasteiger partial charge in [0.15, 0.2) is 0 Å². The molecule has 1 aliphatic heterocycles. The molecule has 0 saturated carbocycles. The maximum atomic E-state index is 4.48. The fraction of sp³-hybridized carbons (Fsp3) is 0.733. The number of likely N-dealkylation sites (N-methyl/N-ethyl adjacent to an activating group) is 1. The zero-order chi connectivity index (χ0) is 14.2. The predicted molar refractivity (Wildman–Crippen MR) is 79.6 cm³/mol. The number of anilines is 1. The molecule has 1 aliphatic rings. The van der Waals surface area contributed by atoms with Crippen molar-refractivity contribution in [2.45, 2.75) is 51.6 Å². The summed E-state index contributed by atoms with van der Waals surface area (Å²) in [6, 6.07) is 3.25. The van der Waals surface area contributed by atoms with Crippen molar-refractivity contribution in [3.8, 4) is 0 Å². The van der Waals surface area contributed by atoms with Crippen LogP contribution in [0.1, 0.15) is 39.8 Å². The van der Waals surface area contributed by atoms with Crippen molar-refractivity contribution in [2.24, 2.45) is 0 Å². The molecule has 0 bridgehead atoms. The summed E-state index contributed by atoms with van der Waals surface area (Å²) in [4.78, 5) is 13.6. The molecule has 19 heavy (non-hydrogen) atoms. The van der Waals surface area contributed by atoms with E-state index in [9.17, 15) is 0 Å². The van der Waals surface area contributed by atoms with Crippen molar-refractivity contribution >= 4 is 5.82 Å². The van der Waals surface area contributed by atoms with Crippen molar-refractivity contribution in [3.63, 3.8) is 0 Å². The molecule has 0 N–H and O–H groups in total. The van der Waals surface area contributed by atoms with Gasteiger partial charge < -0.3 is 9.80 Å². The third-order valence-corrected chi connectivity index (χ3v) is 4.09. The van der Waals surface area contributed by atoms with Crippen LogP contribution in [0.3, 0.4) is 0 Å². The summed E-state index contributed by atoms with van der Waals surface area (Å²) < 4.78 is 0. The van der Waals surface area contributed by atoms with Gasteiger partial charge in [0.1, 0.15) is 12.1 Å². The molecule has 4 nitrogen and oxygen atoms in total. The molecule has 0 radical (unpaired) electrons. The zero-order valence-corrected chi connectivity index (χ0v) is 13.0. The van der Waals surface area contributed by atoms with E-state index in [-0.39, 0.29) is 5.41 Å². The second-order valence-corrected chi connectivity index (χ2v) is 6.77. The Kier molecular flexibility index (Phi) is 3.81. The fourth-order valence-corrected chi connectivity index (χ4v) is 2.85. The summed E-state index contributed by atoms with van der Waals surface area (Å²) in [6.45, 7) is 9.93. The van der Waals surface area contributed by atoms with Gasteiger partial charge in [-0.3, -0.25) is 0 Å². The molecule has 2 rings (SSSR count). The van der Waals surface area contributed by atoms with E-state index in [1.807, 2.05) is 0 Å². The van der Waals surface area contributed by atoms with E-state index in [1.165, 1.54) is 6.42 Å². The third-order valence-electron chi connectivity index (χ3n) is 4.09. The van der Waals surface area contributed by atoms with Gasteiger partial charge in [-0.25, -0.2) is 9.97 Å². The van der Waals surface area contributed by atoms with Crippen LogP contribution >= 0.6 is 0 Å². The fourth-order valence-electron chi connectivity index (χ4n) is 2.85. The quantitative estimate of drug-likeness (QED) is 0.818. The number of nitrogens with zero attached hydrogens (tertiary/aromatic N) is 4. The van der Waals surface area contributed by atoms with Crippen LogP contribution in [0.25, 0.3) is 0 Å². The minimum absolute atomic E-state index is 0.0710. The first kappa shape index (κ1) is 14.3. The van der Waals surface area contributed by atoms with Crippen LogP contribution in [0.15, 0.2) is 12.4 Å². The van der Waals surface area contributed by atoms with Gasteiger partial charge in [0.05, 0.1) is 5.69 Å². The summed E-state index contributed by atoms with van der Waals surface area (Å²) in [5.41, 5.74) is 1.18. The minimum Gasteiger partial charge on any atom is -0.352 e. The van der Waals surface area contributed by atoms with Crippen LogP contribution < -0.4 is 4.90 Å². The Morgan fingerprint density at radius 3 is 2.47 bits per heavy atom. The molecule has 1 fully saturated rings. The number of hydrogen-bond acceptors (Lipinski definition) is 4. The largest absolute Gasteiger partial charge is 0.352 e. The van der Waals surface area contributed by atoms with E-state index in [0.717, 1.165) is 18.1 Å². The Morgan fingerprint density at radius 1 is 1.26 bits per heavy atom. The van der Waals surface area contributed by atoms with Crippen molar-refractivity contribution < 1.29 is 0 Å². The van der Waals surface area contributed by atoms with E-state index in [0.29, 0.717) is 12.1 Å². The van der Waals surface area contributed by atoms with Crippen LogP contribution in [0.4, 0.5) is 5.82 Å². The first-order valence-corrected chi connectivity index (χ1v) is 7.06. The molecule has 1 aromatic heterocycles. The third kappa shape index (κ3) is 2.89. The second-order valence-electron chi connectivity index (χ2n) is 6.77. The predicted octanol–water partition coefficient (Wildman–Crippen LogP) is 2.30. The lowest BCUT2D eigenvalue weighted by atomic mass is 9.92. The van der Waals surface area contributed by atoms with Gasteiger partial charge in [0.2, 0.25) is 0 Å². The smallest absolute Gasteiger partial charge is 0.132 e. The Hall–Kier alpha value is -1.16. The molecule has 0 aromatic carbocycles. The summed E-state index contributed by atoms with van der Waals surface area (Å²) in [6.07, 6.45) is 2.90. The monoisotopic (exact) mass is 262 g/mol. The van der Waals surface area contributed by atoms with Crippen LogP contribution in [-0.2, 0) is 5.41 Å². The molecule has 1 saturated heterocycles. The average Bonchev–Trinajstić information content (AvgIpc) is 2.70. The molecule has 1 aromatic rings. The van der Waals surface area contributed by atoms with Gasteiger partial charge in [-0.2, -0.15) is 0 Å². The SMILES string of the molecule is CC1C(N(C)C)CCN1c1cc(C(C)(C)C)ncn1. The molecular weight excluding hydrogens is 236 g/mol. The number of aromatic nitrogens is 2. The second kappa shape index (κ2) is 5.08. The highest BCUT2D eigenvalue weighted by molar-refractivity contribution is 5.43. The first-order valence-electron chi connectivity index (χ1n) is 7.06. The van der Waals surface area contributed by atoms with Gasteiger partial charge in [-0.1, -0.05) is 20.8 Å². The molecule has 0 amide bonds. The number of hydrogen-bond donors (Lipinski definition) is 0. The summed E-state index contributed by atoms with van der Waals surface area (Å²) in [5.74, 6) is 1.07. The summed E-state index contributed by atoms with van der Waals surface area (Å²) in [5, 5.41) is 0. The van der Waals surface area contributed by atoms with Crippen molar-refractivity contribution in [1.82, 2.24) is 14.9 Å². The van der Waals surface area contributed by atoms with Crippen LogP contribution in [0, 0.1) is 0 Å². The van der Waals surface area contributed by atoms with E-state index >= 15 is 0 Å². The van der Waals surface area contributed by atoms with Crippen LogP contribution in [-0.4, -0.2) is 47.6 Å². The van der Waals surface area contributed by atoms with Gasteiger partial charge >= 0.3 is 0 Å². The maximum Gasteiger partial charge on any atom is 0.132 e. The molecule has 2 heterocycles. The Labute approximate surface area is 116 Å². The van der Waals surface area contributed by atoms with Gasteiger partial charge in [-0.05, 0) is 27.4 Å². The topological polar surface area (TPSA) is 32.3 Å². The van der Waals surface area contributed by atoms with Gasteiger partial charge in [0.25, 0.3) is 0 Å². The molecule has 2 unspecified atom stereocenters. The molecule has 2 atom stereocenters. The van der Waals surface area contributed by atoms with Crippen LogP contribution in [0.2, 0.25) is 0 Å². The van der Waals surface area contributed by atoms with E-state index in [4.69, 9.17) is 0 Å². The van der Waals surface area contributed by atoms with E-state index in [1.54, 1.807) is 6.33 Å². The lowest BCUT2D eigenvalue weighted by Crippen LogP contribution is -2.40. The Bertz CT molecular complexity index is 436. The molecule has 0 spiro atoms. The maximum absolute atomic E-state index is 4.48. The van der Waals surface area contributed by atoms with Crippen molar-refractivity contribution in [1.29, 1.82) is 0 Å². The lowest BCUT2D eigenvalue weighted by molar-refractivity contribution is 0.282. The molecule has 4 heteroatoms. The summed E-state index contributed by atoms with van der Waals surface area (Å²) in [7, 11) is 4.32. The Balaban J connectivity index is 2.24. The summed E-state index contributed by atoms with van der Waals surface area (Å²) >= 11 is 0. The first-order chi connectivity index (χ1) is 8.80. The minimum atomic E-state index is 0.0710. The highest BCUT2D eigenvalue weighted by atomic mass is 15.3. The van der Waals surface area contributed by atoms with Gasteiger partial charge in [0, 0.05) is 30.1 Å². The standard InChI is InChI=1S/C15H26N4/c1-11-12(18(5)6)7-8-19(11)14-9-13(15(2,3)4)16-10-17-14/h9-12H,7-8H2,1-6H3. The highest BCUT2D eigenvalue weighted by Gasteiger charge is 2.33. The van der Waals surface area contributed by atoms with Crippen molar-refractivity contribution in [2.75, 3.05) is 25.5 Å². The zero-order valence-electron chi connectivity index (χ0n) is 13.0. The van der Waals surface area contributed by atoms with Crippen LogP contribution in [0.5, 0.6) is 0 Å². The molecular formula is C15H26N4. The number of rotatable bonds is 2. The Morgan fingerprint density at radius 2 is 1.95 bits per heavy atom. The van der Waals surface area contributed by atoms with E-state index in [2.05, 4.69) is 67.6 Å². The average molecular weight is 262 g/mol. The van der Waals surface area contributed by atoms with E-state index < -0.39 is 0 Å². The normalized spacial score (nSPS) is 24.3. The van der Waals surface area contributed by atoms with Crippen molar-refractivity contribution in [3.05, 3.63) is 18.1 Å². The van der Waals surface area contributed by atoms with Gasteiger partial charge in [-0.15, -0.1) is 0 Å². The highest BCUT2D eigenvalue weighted by Crippen LogP contribution is 2.28. The molecule has 106 valence electrons. The lowest BCUT2D eigenvalue weighted by Gasteiger charge is -2.29. The molecule has 0 aliphatic carbocycles.